The van der Waals surface area contributed by atoms with Crippen LogP contribution in [0.5, 0.6) is 0 Å². The van der Waals surface area contributed by atoms with Crippen molar-refractivity contribution in [3.05, 3.63) is 101 Å². The number of hydrogen-bond donors (Lipinski definition) is 0. The van der Waals surface area contributed by atoms with Crippen molar-refractivity contribution < 1.29 is 35.6 Å². The SMILES string of the molecule is Cc1ccc(C)c2[cH-]c(P(c3ccccc3)c3cc4c(C)ccc(C)c4[cH-]3)cc12.[F-].[F-].[Zr+4]. The molecule has 0 nitrogen and oxygen atoms in total. The molecule has 0 radical (unpaired) electrons. The first-order valence-electron chi connectivity index (χ1n) is 10.2. The molecule has 0 aliphatic rings. The van der Waals surface area contributed by atoms with E-state index in [9.17, 15) is 0 Å². The molecule has 0 bridgehead atoms. The van der Waals surface area contributed by atoms with E-state index in [4.69, 9.17) is 0 Å². The Hall–Kier alpha value is -1.95. The summed E-state index contributed by atoms with van der Waals surface area (Å²) in [6, 6.07) is 29.8. The van der Waals surface area contributed by atoms with Gasteiger partial charge < -0.3 is 9.41 Å². The molecule has 0 atom stereocenters. The van der Waals surface area contributed by atoms with Crippen LogP contribution in [0, 0.1) is 27.7 Å². The van der Waals surface area contributed by atoms with Gasteiger partial charge in [-0.05, 0) is 19.2 Å². The second-order valence-electron chi connectivity index (χ2n) is 8.15. The monoisotopic (exact) mass is 520 g/mol. The summed E-state index contributed by atoms with van der Waals surface area (Å²) in [5.41, 5.74) is 5.44. The summed E-state index contributed by atoms with van der Waals surface area (Å²) in [4.78, 5) is 0. The molecule has 5 aromatic carbocycles. The molecule has 160 valence electrons. The molecule has 0 saturated carbocycles. The van der Waals surface area contributed by atoms with Gasteiger partial charge in [0.25, 0.3) is 0 Å². The van der Waals surface area contributed by atoms with Gasteiger partial charge in [0.2, 0.25) is 0 Å². The Morgan fingerprint density at radius 3 is 1.38 bits per heavy atom. The van der Waals surface area contributed by atoms with E-state index in [0.717, 1.165) is 0 Å². The maximum absolute atomic E-state index is 2.44. The Balaban J connectivity index is 0.00000121. The van der Waals surface area contributed by atoms with Gasteiger partial charge in [0.05, 0.1) is 0 Å². The Bertz CT molecular complexity index is 1180. The zero-order chi connectivity index (χ0) is 20.1. The van der Waals surface area contributed by atoms with Crippen molar-refractivity contribution in [2.75, 3.05) is 0 Å². The number of benzene rings is 3. The summed E-state index contributed by atoms with van der Waals surface area (Å²) in [5.74, 6) is 0. The Labute approximate surface area is 209 Å². The average molecular weight is 522 g/mol. The molecule has 0 spiro atoms. The van der Waals surface area contributed by atoms with Crippen LogP contribution < -0.4 is 25.3 Å². The molecule has 32 heavy (non-hydrogen) atoms. The van der Waals surface area contributed by atoms with Crippen molar-refractivity contribution in [3.8, 4) is 0 Å². The molecular weight excluding hydrogens is 497 g/mol. The van der Waals surface area contributed by atoms with Crippen molar-refractivity contribution in [1.82, 2.24) is 0 Å². The number of fused-ring (bicyclic) bond motifs is 2. The molecule has 0 amide bonds. The molecule has 0 fully saturated rings. The van der Waals surface area contributed by atoms with E-state index >= 15 is 0 Å². The minimum atomic E-state index is -0.589. The zero-order valence-electron chi connectivity index (χ0n) is 18.7. The van der Waals surface area contributed by atoms with Gasteiger partial charge in [-0.3, -0.25) is 0 Å². The first-order chi connectivity index (χ1) is 14.0. The minimum absolute atomic E-state index is 0. The fourth-order valence-corrected chi connectivity index (χ4v) is 6.83. The van der Waals surface area contributed by atoms with Crippen LogP contribution in [0.15, 0.2) is 78.9 Å². The van der Waals surface area contributed by atoms with Crippen LogP contribution in [0.25, 0.3) is 21.5 Å². The second kappa shape index (κ2) is 10.3. The standard InChI is InChI=1S/C28H25P.2FH.Zr/c1-18-10-11-19(2)26-15-23(14-25(18)26)29(22-8-6-5-7-9-22)24-16-27-20(3)12-13-21(4)28(27)17-24;;;/h5-17H,1-4H3;2*1H;/q-2;;;+4/p-2. The van der Waals surface area contributed by atoms with Crippen molar-refractivity contribution in [2.45, 2.75) is 27.7 Å². The van der Waals surface area contributed by atoms with Crippen LogP contribution in [0.4, 0.5) is 0 Å². The summed E-state index contributed by atoms with van der Waals surface area (Å²) in [7, 11) is -0.589. The molecule has 5 aromatic rings. The van der Waals surface area contributed by atoms with Crippen molar-refractivity contribution in [3.63, 3.8) is 0 Å². The summed E-state index contributed by atoms with van der Waals surface area (Å²) in [5, 5.41) is 9.89. The van der Waals surface area contributed by atoms with Crippen LogP contribution >= 0.6 is 7.92 Å². The third-order valence-electron chi connectivity index (χ3n) is 6.15. The fourth-order valence-electron chi connectivity index (χ4n) is 4.43. The molecular formula is C28H25F2PZr. The van der Waals surface area contributed by atoms with Crippen LogP contribution in [0.3, 0.4) is 0 Å². The van der Waals surface area contributed by atoms with Gasteiger partial charge in [0, 0.05) is 0 Å². The number of hydrogen-bond acceptors (Lipinski definition) is 0. The fraction of sp³-hybridized carbons (Fsp3) is 0.143. The van der Waals surface area contributed by atoms with Crippen LogP contribution in [-0.2, 0) is 26.2 Å². The normalized spacial score (nSPS) is 10.7. The Kier molecular flexibility index (Phi) is 8.49. The minimum Gasteiger partial charge on any atom is -1.00 e. The molecule has 0 aliphatic carbocycles. The predicted molar refractivity (Wildman–Crippen MR) is 130 cm³/mol. The molecule has 0 N–H and O–H groups in total. The van der Waals surface area contributed by atoms with E-state index in [1.807, 2.05) is 0 Å². The topological polar surface area (TPSA) is 0 Å². The number of aryl methyl sites for hydroxylation is 4. The van der Waals surface area contributed by atoms with E-state index in [1.165, 1.54) is 59.7 Å². The maximum atomic E-state index is 2.44. The summed E-state index contributed by atoms with van der Waals surface area (Å²) >= 11 is 0. The summed E-state index contributed by atoms with van der Waals surface area (Å²) in [6.07, 6.45) is 0. The predicted octanol–water partition coefficient (Wildman–Crippen LogP) is 0.428. The molecule has 0 heterocycles. The Morgan fingerprint density at radius 1 is 0.562 bits per heavy atom. The van der Waals surface area contributed by atoms with Gasteiger partial charge >= 0.3 is 26.2 Å². The molecule has 0 aliphatic heterocycles. The maximum Gasteiger partial charge on any atom is 4.00 e. The van der Waals surface area contributed by atoms with E-state index in [-0.39, 0.29) is 35.6 Å². The van der Waals surface area contributed by atoms with Crippen LogP contribution in [-0.4, -0.2) is 0 Å². The van der Waals surface area contributed by atoms with Gasteiger partial charge in [-0.25, -0.2) is 0 Å². The van der Waals surface area contributed by atoms with E-state index in [1.54, 1.807) is 0 Å². The van der Waals surface area contributed by atoms with Crippen molar-refractivity contribution >= 4 is 45.4 Å². The van der Waals surface area contributed by atoms with Crippen LogP contribution in [0.2, 0.25) is 0 Å². The van der Waals surface area contributed by atoms with Crippen molar-refractivity contribution in [1.29, 1.82) is 0 Å². The average Bonchev–Trinajstić information content (AvgIpc) is 3.36. The smallest absolute Gasteiger partial charge is 1.00 e. The van der Waals surface area contributed by atoms with Crippen molar-refractivity contribution in [2.24, 2.45) is 0 Å². The summed E-state index contributed by atoms with van der Waals surface area (Å²) < 4.78 is 0. The van der Waals surface area contributed by atoms with E-state index in [0.29, 0.717) is 0 Å². The zero-order valence-corrected chi connectivity index (χ0v) is 22.1. The molecule has 5 rings (SSSR count). The van der Waals surface area contributed by atoms with Gasteiger partial charge in [-0.2, -0.15) is 12.1 Å². The quantitative estimate of drug-likeness (QED) is 0.239. The van der Waals surface area contributed by atoms with Crippen LogP contribution in [0.1, 0.15) is 22.3 Å². The molecule has 0 aromatic heterocycles. The largest absolute Gasteiger partial charge is 4.00 e. The van der Waals surface area contributed by atoms with Gasteiger partial charge in [-0.1, -0.05) is 75.4 Å². The van der Waals surface area contributed by atoms with E-state index in [2.05, 4.69) is 107 Å². The first-order valence-corrected chi connectivity index (χ1v) is 11.6. The number of rotatable bonds is 3. The van der Waals surface area contributed by atoms with Gasteiger partial charge in [-0.15, -0.1) is 67.5 Å². The van der Waals surface area contributed by atoms with E-state index < -0.39 is 7.92 Å². The second-order valence-corrected chi connectivity index (χ2v) is 10.4. The summed E-state index contributed by atoms with van der Waals surface area (Å²) in [6.45, 7) is 8.89. The Morgan fingerprint density at radius 2 is 0.969 bits per heavy atom. The van der Waals surface area contributed by atoms with Gasteiger partial charge in [0.1, 0.15) is 0 Å². The molecule has 4 heteroatoms. The molecule has 0 unspecified atom stereocenters. The third-order valence-corrected chi connectivity index (χ3v) is 8.51. The molecule has 0 saturated heterocycles. The third kappa shape index (κ3) is 4.43. The number of halogens is 2. The van der Waals surface area contributed by atoms with Gasteiger partial charge in [0.15, 0.2) is 0 Å². The first kappa shape index (κ1) is 26.3.